The van der Waals surface area contributed by atoms with Crippen LogP contribution in [-0.2, 0) is 0 Å². The molecule has 0 radical (unpaired) electrons. The van der Waals surface area contributed by atoms with Gasteiger partial charge < -0.3 is 0 Å². The number of rotatable bonds is 5. The summed E-state index contributed by atoms with van der Waals surface area (Å²) in [4.78, 5) is 10.1. The van der Waals surface area contributed by atoms with Gasteiger partial charge in [0, 0.05) is 0 Å². The van der Waals surface area contributed by atoms with E-state index in [2.05, 4.69) is 82.2 Å². The Morgan fingerprint density at radius 1 is 0.536 bits per heavy atom. The third kappa shape index (κ3) is 4.94. The van der Waals surface area contributed by atoms with Crippen LogP contribution in [-0.4, -0.2) is 103 Å². The normalized spacial score (nSPS) is 19.2. The van der Waals surface area contributed by atoms with Gasteiger partial charge in [0.1, 0.15) is 0 Å². The molecule has 0 atom stereocenters. The van der Waals surface area contributed by atoms with Gasteiger partial charge in [-0.25, -0.2) is 0 Å². The van der Waals surface area contributed by atoms with Gasteiger partial charge in [0.15, 0.2) is 0 Å². The summed E-state index contributed by atoms with van der Waals surface area (Å²) < 4.78 is 3.15. The Morgan fingerprint density at radius 2 is 0.893 bits per heavy atom. The van der Waals surface area contributed by atoms with Gasteiger partial charge in [0.25, 0.3) is 0 Å². The van der Waals surface area contributed by atoms with Crippen molar-refractivity contribution >= 4 is 46.6 Å². The van der Waals surface area contributed by atoms with E-state index in [1.54, 1.807) is 8.92 Å². The fourth-order valence-electron chi connectivity index (χ4n) is 3.76. The Kier molecular flexibility index (Phi) is 7.00. The fourth-order valence-corrected chi connectivity index (χ4v) is 10.9. The molecule has 4 nitrogen and oxygen atoms in total. The number of piperazine rings is 2. The van der Waals surface area contributed by atoms with Crippen LogP contribution in [0.5, 0.6) is 0 Å². The van der Waals surface area contributed by atoms with E-state index >= 15 is 0 Å². The number of hydrogen-bond acceptors (Lipinski definition) is 4. The van der Waals surface area contributed by atoms with Crippen molar-refractivity contribution in [1.82, 2.24) is 9.80 Å². The van der Waals surface area contributed by atoms with Crippen molar-refractivity contribution in [1.29, 1.82) is 0 Å². The molecule has 2 fully saturated rings. The topological polar surface area (TPSA) is 13.0 Å². The Hall–Kier alpha value is -1.00. The van der Waals surface area contributed by atoms with Crippen molar-refractivity contribution in [3.8, 4) is 0 Å². The van der Waals surface area contributed by atoms with Gasteiger partial charge in [-0.05, 0) is 0 Å². The van der Waals surface area contributed by atoms with E-state index in [4.69, 9.17) is 0 Å². The van der Waals surface area contributed by atoms with E-state index in [0.29, 0.717) is 26.3 Å². The maximum atomic E-state index is 2.60. The summed E-state index contributed by atoms with van der Waals surface area (Å²) in [6.07, 6.45) is 0. The molecule has 4 rings (SSSR count). The number of nitrogens with zero attached hydrogens (tertiary/aromatic N) is 4. The Balaban J connectivity index is 1.47. The van der Waals surface area contributed by atoms with Gasteiger partial charge in [-0.1, -0.05) is 0 Å². The predicted octanol–water partition coefficient (Wildman–Crippen LogP) is 0.464. The summed E-state index contributed by atoms with van der Waals surface area (Å²) in [5.41, 5.74) is 2.96. The molecule has 0 N–H and O–H groups in total. The third-order valence-electron chi connectivity index (χ3n) is 5.64. The van der Waals surface area contributed by atoms with Crippen LogP contribution in [0, 0.1) is 0 Å². The standard InChI is InChI=1S/C22H30N4Se2/c1-23-11-15-25(16-12-23)19-7-3-5-9-21(19)27-28-22-10-6-4-8-20(22)26-17-13-24(2)14-18-26/h3-10H,11-18H2,1-2H3. The summed E-state index contributed by atoms with van der Waals surface area (Å²) in [7, 11) is 4.46. The maximum absolute atomic E-state index is 2.60. The number of hydrogen-bond donors (Lipinski definition) is 0. The molecule has 0 spiro atoms. The zero-order valence-corrected chi connectivity index (χ0v) is 20.3. The average Bonchev–Trinajstić information content (AvgIpc) is 2.74. The molecule has 0 bridgehead atoms. The van der Waals surface area contributed by atoms with E-state index < -0.39 is 0 Å². The molecule has 0 aliphatic carbocycles. The average molecular weight is 508 g/mol. The van der Waals surface area contributed by atoms with Gasteiger partial charge in [-0.2, -0.15) is 0 Å². The zero-order valence-electron chi connectivity index (χ0n) is 16.9. The molecule has 2 saturated heterocycles. The first-order chi connectivity index (χ1) is 13.7. The molecule has 6 heteroatoms. The molecule has 2 aromatic carbocycles. The summed E-state index contributed by atoms with van der Waals surface area (Å²) >= 11 is 1.02. The third-order valence-corrected chi connectivity index (χ3v) is 12.8. The summed E-state index contributed by atoms with van der Waals surface area (Å²) in [6, 6.07) is 18.3. The van der Waals surface area contributed by atoms with E-state index in [1.807, 2.05) is 0 Å². The Labute approximate surface area is 180 Å². The quantitative estimate of drug-likeness (QED) is 0.545. The van der Waals surface area contributed by atoms with E-state index in [9.17, 15) is 0 Å². The number of likely N-dealkylation sites (N-methyl/N-ethyl adjacent to an activating group) is 2. The second kappa shape index (κ2) is 9.67. The molecular weight excluding hydrogens is 478 g/mol. The van der Waals surface area contributed by atoms with Crippen molar-refractivity contribution in [2.75, 3.05) is 76.3 Å². The first kappa shape index (κ1) is 20.3. The van der Waals surface area contributed by atoms with Crippen LogP contribution in [0.2, 0.25) is 0 Å². The van der Waals surface area contributed by atoms with Crippen LogP contribution in [0.25, 0.3) is 0 Å². The zero-order chi connectivity index (χ0) is 19.3. The van der Waals surface area contributed by atoms with Gasteiger partial charge in [0.2, 0.25) is 0 Å². The van der Waals surface area contributed by atoms with Crippen LogP contribution in [0.1, 0.15) is 0 Å². The second-order valence-corrected chi connectivity index (χ2v) is 13.9. The summed E-state index contributed by atoms with van der Waals surface area (Å²) in [5, 5.41) is 0. The van der Waals surface area contributed by atoms with Crippen molar-refractivity contribution in [3.63, 3.8) is 0 Å². The molecule has 2 aliphatic rings. The molecule has 2 aliphatic heterocycles. The molecule has 2 heterocycles. The number of anilines is 2. The van der Waals surface area contributed by atoms with E-state index in [-0.39, 0.29) is 0 Å². The second-order valence-electron chi connectivity index (χ2n) is 7.68. The monoisotopic (exact) mass is 510 g/mol. The first-order valence-electron chi connectivity index (χ1n) is 10.1. The number of para-hydroxylation sites is 2. The van der Waals surface area contributed by atoms with Crippen LogP contribution in [0.3, 0.4) is 0 Å². The van der Waals surface area contributed by atoms with Crippen LogP contribution < -0.4 is 18.7 Å². The molecular formula is C22H30N4Se2. The molecule has 150 valence electrons. The molecule has 2 aromatic rings. The Morgan fingerprint density at radius 3 is 1.29 bits per heavy atom. The summed E-state index contributed by atoms with van der Waals surface area (Å²) in [6.45, 7) is 9.25. The number of benzene rings is 2. The minimum atomic E-state index is 0.510. The Bertz CT molecular complexity index is 703. The fraction of sp³-hybridized carbons (Fsp3) is 0.455. The summed E-state index contributed by atoms with van der Waals surface area (Å²) in [5.74, 6) is 0. The molecule has 0 aromatic heterocycles. The van der Waals surface area contributed by atoms with Crippen LogP contribution >= 0.6 is 0 Å². The van der Waals surface area contributed by atoms with Crippen molar-refractivity contribution < 1.29 is 0 Å². The van der Waals surface area contributed by atoms with Crippen molar-refractivity contribution in [2.24, 2.45) is 0 Å². The SMILES string of the molecule is CN1CCN(c2ccccc2[Se][Se]c2ccccc2N2CCN(C)CC2)CC1. The van der Waals surface area contributed by atoms with Crippen LogP contribution in [0.15, 0.2) is 48.5 Å². The van der Waals surface area contributed by atoms with Crippen LogP contribution in [0.4, 0.5) is 11.4 Å². The predicted molar refractivity (Wildman–Crippen MR) is 123 cm³/mol. The first-order valence-corrected chi connectivity index (χ1v) is 16.1. The van der Waals surface area contributed by atoms with Gasteiger partial charge in [0.05, 0.1) is 0 Å². The van der Waals surface area contributed by atoms with Gasteiger partial charge in [-0.15, -0.1) is 0 Å². The molecule has 0 unspecified atom stereocenters. The molecule has 0 amide bonds. The van der Waals surface area contributed by atoms with Crippen molar-refractivity contribution in [3.05, 3.63) is 48.5 Å². The minimum absolute atomic E-state index is 0.510. The van der Waals surface area contributed by atoms with E-state index in [0.717, 1.165) is 26.2 Å². The van der Waals surface area contributed by atoms with Crippen molar-refractivity contribution in [2.45, 2.75) is 0 Å². The molecule has 0 saturated carbocycles. The van der Waals surface area contributed by atoms with E-state index in [1.165, 1.54) is 37.6 Å². The molecule has 28 heavy (non-hydrogen) atoms. The van der Waals surface area contributed by atoms with Gasteiger partial charge >= 0.3 is 181 Å². The van der Waals surface area contributed by atoms with Gasteiger partial charge in [-0.3, -0.25) is 0 Å².